The topological polar surface area (TPSA) is 41.5 Å². The number of aromatic hydroxyl groups is 1. The van der Waals surface area contributed by atoms with Gasteiger partial charge in [0.2, 0.25) is 0 Å². The van der Waals surface area contributed by atoms with Crippen LogP contribution in [0.2, 0.25) is 0 Å². The molecule has 0 saturated carbocycles. The number of benzene rings is 1. The third-order valence-electron chi connectivity index (χ3n) is 2.43. The monoisotopic (exact) mass is 233 g/mol. The first-order valence-corrected chi connectivity index (χ1v) is 4.78. The molecule has 0 aromatic heterocycles. The Morgan fingerprint density at radius 1 is 1.38 bits per heavy atom. The molecule has 2 N–H and O–H groups in total. The molecule has 0 radical (unpaired) electrons. The summed E-state index contributed by atoms with van der Waals surface area (Å²) >= 11 is 0. The van der Waals surface area contributed by atoms with Gasteiger partial charge in [0.05, 0.1) is 0 Å². The van der Waals surface area contributed by atoms with Crippen LogP contribution in [0, 0.1) is 0 Å². The van der Waals surface area contributed by atoms with Crippen LogP contribution in [-0.2, 0) is 0 Å². The van der Waals surface area contributed by atoms with Crippen LogP contribution in [0.25, 0.3) is 0 Å². The summed E-state index contributed by atoms with van der Waals surface area (Å²) in [5.74, 6) is -0.333. The molecule has 2 rings (SSSR count). The predicted octanol–water partition coefficient (Wildman–Crippen LogP) is 2.33. The lowest BCUT2D eigenvalue weighted by molar-refractivity contribution is -0.274. The smallest absolute Gasteiger partial charge is 0.508 e. The summed E-state index contributed by atoms with van der Waals surface area (Å²) in [6, 6.07) is 3.41. The Morgan fingerprint density at radius 3 is 2.56 bits per heavy atom. The average molecular weight is 233 g/mol. The van der Waals surface area contributed by atoms with Crippen LogP contribution in [0.1, 0.15) is 18.0 Å². The standard InChI is InChI=1S/C10H10F3NO2/c11-10(12,13)16-6-1-2-9(15)7(5-6)8-3-4-14-8/h1-2,5,8,14-15H,3-4H2/t8-/m0/s1. The average Bonchev–Trinajstić information content (AvgIpc) is 2.05. The summed E-state index contributed by atoms with van der Waals surface area (Å²) in [4.78, 5) is 0. The quantitative estimate of drug-likeness (QED) is 0.823. The molecule has 1 fully saturated rings. The molecule has 1 heterocycles. The first kappa shape index (κ1) is 11.1. The normalized spacial score (nSPS) is 20.3. The van der Waals surface area contributed by atoms with E-state index in [9.17, 15) is 18.3 Å². The van der Waals surface area contributed by atoms with Gasteiger partial charge in [-0.15, -0.1) is 13.2 Å². The fourth-order valence-corrected chi connectivity index (χ4v) is 1.56. The van der Waals surface area contributed by atoms with Crippen molar-refractivity contribution in [1.29, 1.82) is 0 Å². The fraction of sp³-hybridized carbons (Fsp3) is 0.400. The third-order valence-corrected chi connectivity index (χ3v) is 2.43. The summed E-state index contributed by atoms with van der Waals surface area (Å²) < 4.78 is 39.7. The first-order chi connectivity index (χ1) is 7.46. The van der Waals surface area contributed by atoms with E-state index in [0.29, 0.717) is 5.56 Å². The van der Waals surface area contributed by atoms with Crippen LogP contribution in [0.15, 0.2) is 18.2 Å². The lowest BCUT2D eigenvalue weighted by Gasteiger charge is -2.28. The second-order valence-corrected chi connectivity index (χ2v) is 3.56. The highest BCUT2D eigenvalue weighted by Crippen LogP contribution is 2.34. The molecular weight excluding hydrogens is 223 g/mol. The summed E-state index contributed by atoms with van der Waals surface area (Å²) in [6.45, 7) is 0.800. The van der Waals surface area contributed by atoms with Crippen molar-refractivity contribution in [1.82, 2.24) is 5.32 Å². The summed E-state index contributed by atoms with van der Waals surface area (Å²) in [5.41, 5.74) is 0.438. The number of halogens is 3. The molecule has 1 saturated heterocycles. The zero-order valence-corrected chi connectivity index (χ0v) is 8.21. The number of ether oxygens (including phenoxy) is 1. The Kier molecular flexibility index (Phi) is 2.67. The number of rotatable bonds is 2. The Hall–Kier alpha value is -1.43. The maximum absolute atomic E-state index is 12.0. The third kappa shape index (κ3) is 2.38. The zero-order chi connectivity index (χ0) is 11.8. The van der Waals surface area contributed by atoms with Crippen molar-refractivity contribution in [2.45, 2.75) is 18.8 Å². The van der Waals surface area contributed by atoms with Crippen LogP contribution in [0.5, 0.6) is 11.5 Å². The number of hydrogen-bond donors (Lipinski definition) is 2. The SMILES string of the molecule is Oc1ccc(OC(F)(F)F)cc1[C@@H]1CCN1. The molecule has 6 heteroatoms. The van der Waals surface area contributed by atoms with Gasteiger partial charge >= 0.3 is 6.36 Å². The Labute approximate surface area is 89.8 Å². The minimum Gasteiger partial charge on any atom is -0.508 e. The van der Waals surface area contributed by atoms with Gasteiger partial charge in [0.25, 0.3) is 0 Å². The predicted molar refractivity (Wildman–Crippen MR) is 50.2 cm³/mol. The highest BCUT2D eigenvalue weighted by Gasteiger charge is 2.32. The van der Waals surface area contributed by atoms with Gasteiger partial charge in [-0.1, -0.05) is 0 Å². The maximum atomic E-state index is 12.0. The molecule has 88 valence electrons. The van der Waals surface area contributed by atoms with Gasteiger partial charge < -0.3 is 15.2 Å². The Balaban J connectivity index is 2.21. The van der Waals surface area contributed by atoms with Crippen molar-refractivity contribution in [3.8, 4) is 11.5 Å². The number of alkyl halides is 3. The summed E-state index contributed by atoms with van der Waals surface area (Å²) in [6.07, 6.45) is -3.91. The van der Waals surface area contributed by atoms with Crippen LogP contribution in [0.3, 0.4) is 0 Å². The summed E-state index contributed by atoms with van der Waals surface area (Å²) in [7, 11) is 0. The van der Waals surface area contributed by atoms with Gasteiger partial charge in [-0.05, 0) is 31.2 Å². The molecule has 1 atom stereocenters. The second-order valence-electron chi connectivity index (χ2n) is 3.56. The minimum absolute atomic E-state index is 0.0216. The van der Waals surface area contributed by atoms with E-state index in [2.05, 4.69) is 10.1 Å². The van der Waals surface area contributed by atoms with Gasteiger partial charge in [-0.3, -0.25) is 0 Å². The van der Waals surface area contributed by atoms with Gasteiger partial charge in [0, 0.05) is 11.6 Å². The van der Waals surface area contributed by atoms with Crippen molar-refractivity contribution in [3.63, 3.8) is 0 Å². The molecule has 0 unspecified atom stereocenters. The van der Waals surface area contributed by atoms with Crippen LogP contribution < -0.4 is 10.1 Å². The van der Waals surface area contributed by atoms with Crippen molar-refractivity contribution in [2.75, 3.05) is 6.54 Å². The summed E-state index contributed by atoms with van der Waals surface area (Å²) in [5, 5.41) is 12.5. The number of nitrogens with one attached hydrogen (secondary N) is 1. The minimum atomic E-state index is -4.71. The molecule has 3 nitrogen and oxygen atoms in total. The lowest BCUT2D eigenvalue weighted by Crippen LogP contribution is -2.35. The number of phenolic OH excluding ortho intramolecular Hbond substituents is 1. The highest BCUT2D eigenvalue weighted by molar-refractivity contribution is 5.42. The van der Waals surface area contributed by atoms with Gasteiger partial charge in [0.15, 0.2) is 0 Å². The van der Waals surface area contributed by atoms with Gasteiger partial charge in [0.1, 0.15) is 11.5 Å². The fourth-order valence-electron chi connectivity index (χ4n) is 1.56. The molecule has 0 spiro atoms. The van der Waals surface area contributed by atoms with E-state index < -0.39 is 6.36 Å². The Morgan fingerprint density at radius 2 is 2.06 bits per heavy atom. The molecule has 1 aromatic rings. The van der Waals surface area contributed by atoms with Crippen LogP contribution >= 0.6 is 0 Å². The zero-order valence-electron chi connectivity index (χ0n) is 8.21. The molecule has 0 amide bonds. The van der Waals surface area contributed by atoms with E-state index in [0.717, 1.165) is 19.0 Å². The van der Waals surface area contributed by atoms with Crippen molar-refractivity contribution >= 4 is 0 Å². The van der Waals surface area contributed by atoms with E-state index >= 15 is 0 Å². The first-order valence-electron chi connectivity index (χ1n) is 4.78. The second kappa shape index (κ2) is 3.86. The Bertz CT molecular complexity index is 388. The van der Waals surface area contributed by atoms with Crippen molar-refractivity contribution in [3.05, 3.63) is 23.8 Å². The molecule has 1 aromatic carbocycles. The van der Waals surface area contributed by atoms with Gasteiger partial charge in [-0.25, -0.2) is 0 Å². The van der Waals surface area contributed by atoms with E-state index in [1.54, 1.807) is 0 Å². The molecule has 0 aliphatic carbocycles. The molecular formula is C10H10F3NO2. The highest BCUT2D eigenvalue weighted by atomic mass is 19.4. The molecule has 0 bridgehead atoms. The largest absolute Gasteiger partial charge is 0.573 e. The maximum Gasteiger partial charge on any atom is 0.573 e. The van der Waals surface area contributed by atoms with E-state index in [1.807, 2.05) is 0 Å². The molecule has 1 aliphatic rings. The van der Waals surface area contributed by atoms with Crippen molar-refractivity contribution < 1.29 is 23.0 Å². The van der Waals surface area contributed by atoms with E-state index in [1.165, 1.54) is 12.1 Å². The van der Waals surface area contributed by atoms with Crippen molar-refractivity contribution in [2.24, 2.45) is 0 Å². The van der Waals surface area contributed by atoms with E-state index in [4.69, 9.17) is 0 Å². The van der Waals surface area contributed by atoms with Gasteiger partial charge in [-0.2, -0.15) is 0 Å². The molecule has 1 aliphatic heterocycles. The van der Waals surface area contributed by atoms with Crippen LogP contribution in [-0.4, -0.2) is 18.0 Å². The van der Waals surface area contributed by atoms with E-state index in [-0.39, 0.29) is 17.5 Å². The number of phenols is 1. The molecule has 16 heavy (non-hydrogen) atoms. The van der Waals surface area contributed by atoms with Crippen LogP contribution in [0.4, 0.5) is 13.2 Å². The lowest BCUT2D eigenvalue weighted by atomic mass is 9.97. The number of hydrogen-bond acceptors (Lipinski definition) is 3.